The molecule has 142 valence electrons. The van der Waals surface area contributed by atoms with Gasteiger partial charge in [0, 0.05) is 23.1 Å². The molecule has 1 saturated heterocycles. The molecule has 6 nitrogen and oxygen atoms in total. The first-order chi connectivity index (χ1) is 12.8. The van der Waals surface area contributed by atoms with Crippen LogP contribution < -0.4 is 0 Å². The summed E-state index contributed by atoms with van der Waals surface area (Å²) in [6.07, 6.45) is 0. The van der Waals surface area contributed by atoms with E-state index in [9.17, 15) is 14.7 Å². The van der Waals surface area contributed by atoms with Crippen molar-refractivity contribution in [2.45, 2.75) is 13.0 Å². The van der Waals surface area contributed by atoms with Gasteiger partial charge in [0.2, 0.25) is 0 Å². The Bertz CT molecular complexity index is 899. The average Bonchev–Trinajstić information content (AvgIpc) is 3.15. The van der Waals surface area contributed by atoms with Gasteiger partial charge in [0.05, 0.1) is 5.57 Å². The van der Waals surface area contributed by atoms with Crippen molar-refractivity contribution in [1.82, 2.24) is 9.80 Å². The Balaban J connectivity index is 2.11. The third kappa shape index (κ3) is 3.84. The average molecular weight is 433 g/mol. The first-order valence-electron chi connectivity index (χ1n) is 8.55. The van der Waals surface area contributed by atoms with Crippen LogP contribution in [0.2, 0.25) is 0 Å². The number of amides is 1. The second kappa shape index (κ2) is 7.70. The number of hydrogen-bond acceptors (Lipinski definition) is 5. The van der Waals surface area contributed by atoms with E-state index in [2.05, 4.69) is 15.9 Å². The Morgan fingerprint density at radius 2 is 1.85 bits per heavy atom. The lowest BCUT2D eigenvalue weighted by molar-refractivity contribution is -0.140. The van der Waals surface area contributed by atoms with Crippen LogP contribution in [0.3, 0.4) is 0 Å². The summed E-state index contributed by atoms with van der Waals surface area (Å²) in [5, 5.41) is 10.8. The molecule has 3 rings (SSSR count). The maximum absolute atomic E-state index is 12.8. The number of aliphatic hydroxyl groups is 1. The molecule has 0 bridgehead atoms. The minimum atomic E-state index is -0.748. The lowest BCUT2D eigenvalue weighted by atomic mass is 9.99. The van der Waals surface area contributed by atoms with Gasteiger partial charge in [0.15, 0.2) is 0 Å². The number of nitrogens with zero attached hydrogens (tertiary/aromatic N) is 2. The Morgan fingerprint density at radius 1 is 1.19 bits per heavy atom. The maximum atomic E-state index is 12.8. The predicted octanol–water partition coefficient (Wildman–Crippen LogP) is 3.33. The van der Waals surface area contributed by atoms with Crippen LogP contribution in [0.15, 0.2) is 50.9 Å². The minimum Gasteiger partial charge on any atom is -0.507 e. The van der Waals surface area contributed by atoms with Crippen LogP contribution in [0, 0.1) is 6.92 Å². The monoisotopic (exact) mass is 432 g/mol. The molecule has 2 heterocycles. The number of carbonyl (C=O) groups is 2. The van der Waals surface area contributed by atoms with Crippen molar-refractivity contribution in [3.63, 3.8) is 0 Å². The number of halogens is 1. The summed E-state index contributed by atoms with van der Waals surface area (Å²) >= 11 is 3.35. The molecule has 0 radical (unpaired) electrons. The molecule has 0 aliphatic carbocycles. The number of furan rings is 1. The SMILES string of the molecule is Cc1ccc(C2/C(=C(/O)c3ccc(Br)cc3)C(=O)C(=O)N2CCN(C)C)o1. The molecule has 1 atom stereocenters. The molecule has 1 amide bonds. The molecule has 1 aliphatic rings. The normalized spacial score (nSPS) is 19.3. The molecule has 1 unspecified atom stereocenters. The summed E-state index contributed by atoms with van der Waals surface area (Å²) in [6, 6.07) is 9.69. The van der Waals surface area contributed by atoms with Crippen molar-refractivity contribution in [3.8, 4) is 0 Å². The molecule has 1 aliphatic heterocycles. The van der Waals surface area contributed by atoms with Crippen molar-refractivity contribution in [2.24, 2.45) is 0 Å². The maximum Gasteiger partial charge on any atom is 0.295 e. The van der Waals surface area contributed by atoms with Crippen LogP contribution >= 0.6 is 15.9 Å². The van der Waals surface area contributed by atoms with Gasteiger partial charge >= 0.3 is 0 Å². The standard InChI is InChI=1S/C20H21BrN2O4/c1-12-4-9-15(27-12)17-16(18(24)13-5-7-14(21)8-6-13)19(25)20(26)23(17)11-10-22(2)3/h4-9,17,24H,10-11H2,1-3H3/b18-16-. The molecule has 2 aromatic rings. The predicted molar refractivity (Wildman–Crippen MR) is 105 cm³/mol. The molecular formula is C20H21BrN2O4. The van der Waals surface area contributed by atoms with Crippen LogP contribution in [0.25, 0.3) is 5.76 Å². The zero-order chi connectivity index (χ0) is 19.7. The van der Waals surface area contributed by atoms with Crippen LogP contribution in [0.1, 0.15) is 23.1 Å². The van der Waals surface area contributed by atoms with Gasteiger partial charge < -0.3 is 19.3 Å². The number of aliphatic hydroxyl groups excluding tert-OH is 1. The summed E-state index contributed by atoms with van der Waals surface area (Å²) in [5.74, 6) is -0.397. The van der Waals surface area contributed by atoms with Gasteiger partial charge in [-0.3, -0.25) is 9.59 Å². The van der Waals surface area contributed by atoms with Crippen LogP contribution in [-0.4, -0.2) is 53.8 Å². The van der Waals surface area contributed by atoms with Crippen molar-refractivity contribution in [3.05, 3.63) is 63.5 Å². The van der Waals surface area contributed by atoms with Gasteiger partial charge in [-0.15, -0.1) is 0 Å². The fraction of sp³-hybridized carbons (Fsp3) is 0.300. The number of benzene rings is 1. The molecule has 27 heavy (non-hydrogen) atoms. The molecule has 7 heteroatoms. The quantitative estimate of drug-likeness (QED) is 0.445. The second-order valence-electron chi connectivity index (χ2n) is 6.75. The highest BCUT2D eigenvalue weighted by atomic mass is 79.9. The fourth-order valence-electron chi connectivity index (χ4n) is 3.08. The summed E-state index contributed by atoms with van der Waals surface area (Å²) < 4.78 is 6.57. The highest BCUT2D eigenvalue weighted by molar-refractivity contribution is 9.10. The van der Waals surface area contributed by atoms with Crippen molar-refractivity contribution in [2.75, 3.05) is 27.2 Å². The van der Waals surface area contributed by atoms with Crippen molar-refractivity contribution in [1.29, 1.82) is 0 Å². The van der Waals surface area contributed by atoms with Crippen LogP contribution in [0.4, 0.5) is 0 Å². The second-order valence-corrected chi connectivity index (χ2v) is 7.67. The molecule has 0 spiro atoms. The van der Waals surface area contributed by atoms with Crippen molar-refractivity contribution < 1.29 is 19.1 Å². The summed E-state index contributed by atoms with van der Waals surface area (Å²) in [7, 11) is 3.79. The molecule has 1 fully saturated rings. The summed E-state index contributed by atoms with van der Waals surface area (Å²) in [6.45, 7) is 2.73. The van der Waals surface area contributed by atoms with E-state index >= 15 is 0 Å². The van der Waals surface area contributed by atoms with Gasteiger partial charge in [-0.2, -0.15) is 0 Å². The largest absolute Gasteiger partial charge is 0.507 e. The number of likely N-dealkylation sites (tertiary alicyclic amines) is 1. The number of ketones is 1. The smallest absolute Gasteiger partial charge is 0.295 e. The number of rotatable bonds is 5. The van der Waals surface area contributed by atoms with Gasteiger partial charge in [-0.1, -0.05) is 28.1 Å². The zero-order valence-electron chi connectivity index (χ0n) is 15.4. The Labute approximate surface area is 166 Å². The van der Waals surface area contributed by atoms with E-state index in [4.69, 9.17) is 4.42 Å². The van der Waals surface area contributed by atoms with E-state index in [-0.39, 0.29) is 11.3 Å². The Kier molecular flexibility index (Phi) is 5.53. The molecule has 1 aromatic carbocycles. The topological polar surface area (TPSA) is 74.0 Å². The molecule has 1 N–H and O–H groups in total. The number of carbonyl (C=O) groups excluding carboxylic acids is 2. The van der Waals surface area contributed by atoms with Crippen LogP contribution in [-0.2, 0) is 9.59 Å². The number of Topliss-reactive ketones (excluding diaryl/α,β-unsaturated/α-hetero) is 1. The van der Waals surface area contributed by atoms with E-state index in [1.807, 2.05) is 19.0 Å². The molecule has 0 saturated carbocycles. The molecule has 1 aromatic heterocycles. The lowest BCUT2D eigenvalue weighted by Crippen LogP contribution is -2.35. The van der Waals surface area contributed by atoms with Gasteiger partial charge in [-0.05, 0) is 45.3 Å². The van der Waals surface area contributed by atoms with Crippen LogP contribution in [0.5, 0.6) is 0 Å². The van der Waals surface area contributed by atoms with Gasteiger partial charge in [0.25, 0.3) is 11.7 Å². The first-order valence-corrected chi connectivity index (χ1v) is 9.34. The van der Waals surface area contributed by atoms with Gasteiger partial charge in [-0.25, -0.2) is 0 Å². The number of likely N-dealkylation sites (N-methyl/N-ethyl adjacent to an activating group) is 1. The van der Waals surface area contributed by atoms with Crippen molar-refractivity contribution >= 4 is 33.4 Å². The number of hydrogen-bond donors (Lipinski definition) is 1. The Morgan fingerprint density at radius 3 is 2.41 bits per heavy atom. The Hall–Kier alpha value is -2.38. The number of aryl methyl sites for hydroxylation is 1. The summed E-state index contributed by atoms with van der Waals surface area (Å²) in [4.78, 5) is 28.8. The fourth-order valence-corrected chi connectivity index (χ4v) is 3.34. The van der Waals surface area contributed by atoms with E-state index in [0.29, 0.717) is 30.2 Å². The first kappa shape index (κ1) is 19.4. The van der Waals surface area contributed by atoms with E-state index in [1.54, 1.807) is 43.3 Å². The highest BCUT2D eigenvalue weighted by Crippen LogP contribution is 2.39. The minimum absolute atomic E-state index is 0.0513. The van der Waals surface area contributed by atoms with E-state index in [0.717, 1.165) is 4.47 Å². The third-order valence-electron chi connectivity index (χ3n) is 4.48. The lowest BCUT2D eigenvalue weighted by Gasteiger charge is -2.24. The summed E-state index contributed by atoms with van der Waals surface area (Å²) in [5.41, 5.74) is 0.521. The molecular weight excluding hydrogens is 412 g/mol. The zero-order valence-corrected chi connectivity index (χ0v) is 17.0. The highest BCUT2D eigenvalue weighted by Gasteiger charge is 2.47. The van der Waals surface area contributed by atoms with E-state index < -0.39 is 17.7 Å². The van der Waals surface area contributed by atoms with E-state index in [1.165, 1.54) is 4.90 Å². The third-order valence-corrected chi connectivity index (χ3v) is 5.01. The van der Waals surface area contributed by atoms with Gasteiger partial charge in [0.1, 0.15) is 23.3 Å².